The molecule has 19 heavy (non-hydrogen) atoms. The predicted octanol–water partition coefficient (Wildman–Crippen LogP) is 3.30. The number of rotatable bonds is 5. The van der Waals surface area contributed by atoms with Gasteiger partial charge in [0.05, 0.1) is 13.2 Å². The van der Waals surface area contributed by atoms with Crippen molar-refractivity contribution in [3.63, 3.8) is 0 Å². The Morgan fingerprint density at radius 1 is 1.21 bits per heavy atom. The van der Waals surface area contributed by atoms with Crippen molar-refractivity contribution in [3.8, 4) is 11.5 Å². The molecule has 3 rings (SSSR count). The molecule has 1 heterocycles. The van der Waals surface area contributed by atoms with Crippen LogP contribution < -0.4 is 14.8 Å². The molecular formula is C16H23NO2. The van der Waals surface area contributed by atoms with Crippen LogP contribution in [-0.4, -0.2) is 19.8 Å². The quantitative estimate of drug-likeness (QED) is 0.882. The number of benzene rings is 1. The Labute approximate surface area is 115 Å². The summed E-state index contributed by atoms with van der Waals surface area (Å²) in [4.78, 5) is 0. The maximum absolute atomic E-state index is 5.74. The van der Waals surface area contributed by atoms with Crippen LogP contribution in [0.2, 0.25) is 0 Å². The maximum Gasteiger partial charge on any atom is 0.161 e. The SMILES string of the molecule is CC(NCCC1CC1)c1ccc2c(c1)OCCCO2. The Hall–Kier alpha value is -1.22. The summed E-state index contributed by atoms with van der Waals surface area (Å²) in [6.07, 6.45) is 5.13. The zero-order valence-electron chi connectivity index (χ0n) is 11.7. The third kappa shape index (κ3) is 3.41. The molecular weight excluding hydrogens is 238 g/mol. The van der Waals surface area contributed by atoms with Crippen LogP contribution >= 0.6 is 0 Å². The standard InChI is InChI=1S/C16H23NO2/c1-12(17-8-7-13-3-4-13)14-5-6-15-16(11-14)19-10-2-9-18-15/h5-6,11-13,17H,2-4,7-10H2,1H3. The van der Waals surface area contributed by atoms with Gasteiger partial charge in [0.15, 0.2) is 11.5 Å². The Kier molecular flexibility index (Phi) is 3.92. The van der Waals surface area contributed by atoms with Gasteiger partial charge in [0.25, 0.3) is 0 Å². The van der Waals surface area contributed by atoms with Crippen molar-refractivity contribution in [3.05, 3.63) is 23.8 Å². The summed E-state index contributed by atoms with van der Waals surface area (Å²) in [5.74, 6) is 2.76. The predicted molar refractivity (Wildman–Crippen MR) is 75.8 cm³/mol. The van der Waals surface area contributed by atoms with Crippen molar-refractivity contribution in [1.82, 2.24) is 5.32 Å². The average Bonchev–Trinajstić information content (AvgIpc) is 3.24. The molecule has 1 aromatic carbocycles. The highest BCUT2D eigenvalue weighted by atomic mass is 16.5. The maximum atomic E-state index is 5.74. The number of fused-ring (bicyclic) bond motifs is 1. The van der Waals surface area contributed by atoms with Gasteiger partial charge in [-0.2, -0.15) is 0 Å². The number of hydrogen-bond donors (Lipinski definition) is 1. The minimum Gasteiger partial charge on any atom is -0.490 e. The van der Waals surface area contributed by atoms with Gasteiger partial charge in [-0.25, -0.2) is 0 Å². The van der Waals surface area contributed by atoms with E-state index in [-0.39, 0.29) is 0 Å². The van der Waals surface area contributed by atoms with E-state index in [0.717, 1.165) is 43.6 Å². The smallest absolute Gasteiger partial charge is 0.161 e. The van der Waals surface area contributed by atoms with Crippen molar-refractivity contribution in [2.24, 2.45) is 5.92 Å². The van der Waals surface area contributed by atoms with Crippen LogP contribution in [0.5, 0.6) is 11.5 Å². The van der Waals surface area contributed by atoms with Gasteiger partial charge in [-0.05, 0) is 43.5 Å². The first-order valence-corrected chi connectivity index (χ1v) is 7.46. The summed E-state index contributed by atoms with van der Waals surface area (Å²) < 4.78 is 11.4. The molecule has 0 bridgehead atoms. The van der Waals surface area contributed by atoms with E-state index in [1.54, 1.807) is 0 Å². The van der Waals surface area contributed by atoms with Crippen LogP contribution in [-0.2, 0) is 0 Å². The van der Waals surface area contributed by atoms with Crippen molar-refractivity contribution in [2.75, 3.05) is 19.8 Å². The molecule has 0 spiro atoms. The summed E-state index contributed by atoms with van der Waals surface area (Å²) >= 11 is 0. The molecule has 1 aliphatic carbocycles. The highest BCUT2D eigenvalue weighted by Gasteiger charge is 2.20. The van der Waals surface area contributed by atoms with E-state index in [0.29, 0.717) is 6.04 Å². The molecule has 1 fully saturated rings. The first-order chi connectivity index (χ1) is 9.33. The first kappa shape index (κ1) is 12.8. The van der Waals surface area contributed by atoms with E-state index in [9.17, 15) is 0 Å². The lowest BCUT2D eigenvalue weighted by molar-refractivity contribution is 0.297. The fourth-order valence-corrected chi connectivity index (χ4v) is 2.48. The Morgan fingerprint density at radius 2 is 2.00 bits per heavy atom. The molecule has 2 aliphatic rings. The van der Waals surface area contributed by atoms with Crippen LogP contribution in [0.3, 0.4) is 0 Å². The Bertz CT molecular complexity index is 429. The highest BCUT2D eigenvalue weighted by molar-refractivity contribution is 5.44. The lowest BCUT2D eigenvalue weighted by Gasteiger charge is -2.16. The van der Waals surface area contributed by atoms with Crippen molar-refractivity contribution < 1.29 is 9.47 Å². The van der Waals surface area contributed by atoms with E-state index < -0.39 is 0 Å². The molecule has 3 nitrogen and oxygen atoms in total. The van der Waals surface area contributed by atoms with E-state index in [4.69, 9.17) is 9.47 Å². The van der Waals surface area contributed by atoms with Gasteiger partial charge in [-0.1, -0.05) is 18.9 Å². The van der Waals surface area contributed by atoms with Gasteiger partial charge in [0.2, 0.25) is 0 Å². The highest BCUT2D eigenvalue weighted by Crippen LogP contribution is 2.33. The van der Waals surface area contributed by atoms with E-state index in [1.165, 1.54) is 24.8 Å². The van der Waals surface area contributed by atoms with Crippen LogP contribution in [0.25, 0.3) is 0 Å². The molecule has 0 amide bonds. The van der Waals surface area contributed by atoms with E-state index in [1.807, 2.05) is 6.07 Å². The molecule has 1 N–H and O–H groups in total. The molecule has 104 valence electrons. The third-order valence-electron chi connectivity index (χ3n) is 3.97. The minimum atomic E-state index is 0.371. The third-order valence-corrected chi connectivity index (χ3v) is 3.97. The van der Waals surface area contributed by atoms with Gasteiger partial charge < -0.3 is 14.8 Å². The number of hydrogen-bond acceptors (Lipinski definition) is 3. The van der Waals surface area contributed by atoms with Crippen molar-refractivity contribution >= 4 is 0 Å². The van der Waals surface area contributed by atoms with Crippen molar-refractivity contribution in [1.29, 1.82) is 0 Å². The van der Waals surface area contributed by atoms with Crippen LogP contribution in [0, 0.1) is 5.92 Å². The molecule has 0 radical (unpaired) electrons. The monoisotopic (exact) mass is 261 g/mol. The molecule has 3 heteroatoms. The largest absolute Gasteiger partial charge is 0.490 e. The van der Waals surface area contributed by atoms with Crippen LogP contribution in [0.1, 0.15) is 44.2 Å². The van der Waals surface area contributed by atoms with E-state index in [2.05, 4.69) is 24.4 Å². The second-order valence-electron chi connectivity index (χ2n) is 5.66. The lowest BCUT2D eigenvalue weighted by atomic mass is 10.1. The second-order valence-corrected chi connectivity index (χ2v) is 5.66. The fourth-order valence-electron chi connectivity index (χ4n) is 2.48. The topological polar surface area (TPSA) is 30.5 Å². The second kappa shape index (κ2) is 5.83. The number of nitrogens with one attached hydrogen (secondary N) is 1. The average molecular weight is 261 g/mol. The molecule has 1 unspecified atom stereocenters. The summed E-state index contributed by atoms with van der Waals surface area (Å²) in [5.41, 5.74) is 1.28. The molecule has 0 aromatic heterocycles. The minimum absolute atomic E-state index is 0.371. The summed E-state index contributed by atoms with van der Waals surface area (Å²) in [7, 11) is 0. The Morgan fingerprint density at radius 3 is 2.79 bits per heavy atom. The molecule has 1 saturated carbocycles. The zero-order chi connectivity index (χ0) is 13.1. The van der Waals surface area contributed by atoms with Crippen LogP contribution in [0.15, 0.2) is 18.2 Å². The summed E-state index contributed by atoms with van der Waals surface area (Å²) in [5, 5.41) is 3.60. The normalized spacial score (nSPS) is 19.8. The van der Waals surface area contributed by atoms with Gasteiger partial charge in [0.1, 0.15) is 0 Å². The fraction of sp³-hybridized carbons (Fsp3) is 0.625. The molecule has 1 atom stereocenters. The van der Waals surface area contributed by atoms with Gasteiger partial charge >= 0.3 is 0 Å². The zero-order valence-corrected chi connectivity index (χ0v) is 11.7. The number of ether oxygens (including phenoxy) is 2. The summed E-state index contributed by atoms with van der Waals surface area (Å²) in [6.45, 7) is 4.83. The van der Waals surface area contributed by atoms with Crippen LogP contribution in [0.4, 0.5) is 0 Å². The molecule has 1 aliphatic heterocycles. The van der Waals surface area contributed by atoms with Gasteiger partial charge in [0, 0.05) is 12.5 Å². The van der Waals surface area contributed by atoms with Gasteiger partial charge in [-0.3, -0.25) is 0 Å². The lowest BCUT2D eigenvalue weighted by Crippen LogP contribution is -2.20. The molecule has 1 aromatic rings. The van der Waals surface area contributed by atoms with E-state index >= 15 is 0 Å². The van der Waals surface area contributed by atoms with Gasteiger partial charge in [-0.15, -0.1) is 0 Å². The summed E-state index contributed by atoms with van der Waals surface area (Å²) in [6, 6.07) is 6.67. The van der Waals surface area contributed by atoms with Crippen molar-refractivity contribution in [2.45, 2.75) is 38.6 Å². The molecule has 0 saturated heterocycles. The first-order valence-electron chi connectivity index (χ1n) is 7.46. The Balaban J connectivity index is 1.61.